The highest BCUT2D eigenvalue weighted by Gasteiger charge is 2.78. The van der Waals surface area contributed by atoms with E-state index < -0.39 is 5.60 Å². The molecule has 0 aromatic heterocycles. The zero-order chi connectivity index (χ0) is 16.6. The Hall–Kier alpha value is -1.87. The summed E-state index contributed by atoms with van der Waals surface area (Å²) < 4.78 is 6.19. The van der Waals surface area contributed by atoms with Crippen molar-refractivity contribution in [3.05, 3.63) is 42.5 Å². The number of nitrogens with one attached hydrogen (secondary N) is 1. The van der Waals surface area contributed by atoms with E-state index in [1.807, 2.05) is 24.3 Å². The monoisotopic (exact) mass is 321 g/mol. The van der Waals surface area contributed by atoms with E-state index in [9.17, 15) is 4.79 Å². The summed E-state index contributed by atoms with van der Waals surface area (Å²) in [4.78, 5) is 13.2. The van der Waals surface area contributed by atoms with Crippen molar-refractivity contribution in [1.29, 1.82) is 0 Å². The molecule has 1 aliphatic heterocycles. The minimum Gasteiger partial charge on any atom is -0.364 e. The van der Waals surface area contributed by atoms with Crippen molar-refractivity contribution < 1.29 is 9.53 Å². The van der Waals surface area contributed by atoms with Gasteiger partial charge in [0.15, 0.2) is 5.60 Å². The van der Waals surface area contributed by atoms with Crippen LogP contribution in [0.15, 0.2) is 42.5 Å². The molecule has 24 heavy (non-hydrogen) atoms. The average Bonchev–Trinajstić information content (AvgIpc) is 3.06. The molecule has 1 N–H and O–H groups in total. The number of amides is 1. The molecule has 4 atom stereocenters. The Kier molecular flexibility index (Phi) is 2.65. The normalized spacial score (nSPS) is 39.5. The van der Waals surface area contributed by atoms with Gasteiger partial charge in [-0.1, -0.05) is 44.2 Å². The summed E-state index contributed by atoms with van der Waals surface area (Å²) in [6.45, 7) is 5.31. The lowest BCUT2D eigenvalue weighted by Gasteiger charge is -2.40. The molecule has 3 fully saturated rings. The van der Waals surface area contributed by atoms with Crippen molar-refractivity contribution in [3.63, 3.8) is 0 Å². The Balaban J connectivity index is 1.49. The van der Waals surface area contributed by atoms with E-state index in [1.54, 1.807) is 0 Å². The molecule has 3 nitrogen and oxygen atoms in total. The average molecular weight is 321 g/mol. The van der Waals surface area contributed by atoms with Crippen molar-refractivity contribution in [1.82, 2.24) is 0 Å². The van der Waals surface area contributed by atoms with Gasteiger partial charge < -0.3 is 10.1 Å². The van der Waals surface area contributed by atoms with Crippen LogP contribution < -0.4 is 5.32 Å². The highest BCUT2D eigenvalue weighted by molar-refractivity contribution is 6.00. The van der Waals surface area contributed by atoms with Crippen LogP contribution in [0.2, 0.25) is 0 Å². The van der Waals surface area contributed by atoms with E-state index in [-0.39, 0.29) is 16.7 Å². The largest absolute Gasteiger partial charge is 0.364 e. The minimum absolute atomic E-state index is 0.0361. The molecule has 3 heteroatoms. The molecule has 0 spiro atoms. The fraction of sp³-hybridized carbons (Fsp3) is 0.476. The van der Waals surface area contributed by atoms with E-state index in [2.05, 4.69) is 37.4 Å². The van der Waals surface area contributed by atoms with Gasteiger partial charge in [-0.25, -0.2) is 0 Å². The van der Waals surface area contributed by atoms with Gasteiger partial charge in [0.2, 0.25) is 0 Å². The molecular formula is C21H23NO2. The Morgan fingerprint density at radius 3 is 2.71 bits per heavy atom. The number of carbonyl (C=O) groups excluding carboxylic acids is 1. The van der Waals surface area contributed by atoms with E-state index in [0.29, 0.717) is 5.92 Å². The topological polar surface area (TPSA) is 38.3 Å². The maximum atomic E-state index is 13.2. The van der Waals surface area contributed by atoms with Gasteiger partial charge in [0.05, 0.1) is 6.61 Å². The summed E-state index contributed by atoms with van der Waals surface area (Å²) in [5, 5.41) is 5.49. The molecule has 5 rings (SSSR count). The molecule has 0 radical (unpaired) electrons. The highest BCUT2D eigenvalue weighted by Crippen LogP contribution is 2.75. The smallest absolute Gasteiger partial charge is 0.257 e. The molecule has 1 heterocycles. The van der Waals surface area contributed by atoms with Crippen LogP contribution in [0, 0.1) is 16.7 Å². The zero-order valence-corrected chi connectivity index (χ0v) is 14.3. The number of ether oxygens (including phenoxy) is 1. The van der Waals surface area contributed by atoms with E-state index in [1.165, 1.54) is 11.8 Å². The van der Waals surface area contributed by atoms with Gasteiger partial charge in [-0.3, -0.25) is 4.79 Å². The fourth-order valence-electron chi connectivity index (χ4n) is 5.76. The van der Waals surface area contributed by atoms with E-state index in [4.69, 9.17) is 4.74 Å². The fourth-order valence-corrected chi connectivity index (χ4v) is 5.76. The second-order valence-corrected chi connectivity index (χ2v) is 8.32. The van der Waals surface area contributed by atoms with Gasteiger partial charge in [-0.2, -0.15) is 0 Å². The number of fused-ring (bicyclic) bond motifs is 1. The second kappa shape index (κ2) is 4.40. The maximum Gasteiger partial charge on any atom is 0.257 e. The van der Waals surface area contributed by atoms with Crippen molar-refractivity contribution in [3.8, 4) is 0 Å². The van der Waals surface area contributed by atoms with Crippen LogP contribution in [-0.4, -0.2) is 18.1 Å². The van der Waals surface area contributed by atoms with Crippen LogP contribution >= 0.6 is 0 Å². The first kappa shape index (κ1) is 14.5. The summed E-state index contributed by atoms with van der Waals surface area (Å²) in [5.41, 5.74) is 0.340. The number of carbonyl (C=O) groups is 1. The summed E-state index contributed by atoms with van der Waals surface area (Å²) in [6.07, 6.45) is 3.21. The van der Waals surface area contributed by atoms with Gasteiger partial charge in [0, 0.05) is 16.5 Å². The first-order valence-electron chi connectivity index (χ1n) is 8.93. The van der Waals surface area contributed by atoms with Crippen molar-refractivity contribution in [2.45, 2.75) is 38.7 Å². The third-order valence-electron chi connectivity index (χ3n) is 7.57. The second-order valence-electron chi connectivity index (χ2n) is 8.32. The van der Waals surface area contributed by atoms with Crippen LogP contribution in [0.3, 0.4) is 0 Å². The summed E-state index contributed by atoms with van der Waals surface area (Å²) in [7, 11) is 0. The molecule has 2 aromatic rings. The molecule has 2 saturated carbocycles. The predicted molar refractivity (Wildman–Crippen MR) is 94.8 cm³/mol. The Labute approximate surface area is 142 Å². The first-order valence-corrected chi connectivity index (χ1v) is 8.93. The third-order valence-corrected chi connectivity index (χ3v) is 7.57. The lowest BCUT2D eigenvalue weighted by Crippen LogP contribution is -2.52. The van der Waals surface area contributed by atoms with Crippen LogP contribution in [0.1, 0.15) is 33.1 Å². The van der Waals surface area contributed by atoms with E-state index in [0.717, 1.165) is 30.5 Å². The zero-order valence-electron chi connectivity index (χ0n) is 14.3. The van der Waals surface area contributed by atoms with Crippen molar-refractivity contribution in [2.75, 3.05) is 11.9 Å². The summed E-state index contributed by atoms with van der Waals surface area (Å²) in [5.74, 6) is 0.671. The van der Waals surface area contributed by atoms with Crippen LogP contribution in [0.5, 0.6) is 0 Å². The Morgan fingerprint density at radius 2 is 1.96 bits per heavy atom. The molecule has 1 saturated heterocycles. The molecule has 3 aliphatic rings. The Bertz CT molecular complexity index is 862. The molecular weight excluding hydrogens is 298 g/mol. The van der Waals surface area contributed by atoms with Gasteiger partial charge in [0.25, 0.3) is 5.91 Å². The highest BCUT2D eigenvalue weighted by atomic mass is 16.5. The first-order chi connectivity index (χ1) is 11.5. The SMILES string of the molecule is C[C@@]12CC[C@@H]3C[C@]1(C(=O)Nc1ccc4ccccc4c1)OC[C@]32C. The lowest BCUT2D eigenvalue weighted by atomic mass is 9.66. The van der Waals surface area contributed by atoms with Crippen LogP contribution in [0.25, 0.3) is 10.8 Å². The van der Waals surface area contributed by atoms with Crippen molar-refractivity contribution in [2.24, 2.45) is 16.7 Å². The Morgan fingerprint density at radius 1 is 1.17 bits per heavy atom. The molecule has 124 valence electrons. The van der Waals surface area contributed by atoms with E-state index >= 15 is 0 Å². The van der Waals surface area contributed by atoms with Crippen LogP contribution in [0.4, 0.5) is 5.69 Å². The van der Waals surface area contributed by atoms with Gasteiger partial charge in [-0.05, 0) is 48.1 Å². The number of benzene rings is 2. The number of rotatable bonds is 2. The number of hydrogen-bond donors (Lipinski definition) is 1. The molecule has 2 aromatic carbocycles. The van der Waals surface area contributed by atoms with Crippen molar-refractivity contribution >= 4 is 22.4 Å². The third kappa shape index (κ3) is 1.50. The van der Waals surface area contributed by atoms with Gasteiger partial charge in [0.1, 0.15) is 0 Å². The predicted octanol–water partition coefficient (Wildman–Crippen LogP) is 4.37. The molecule has 0 unspecified atom stereocenters. The minimum atomic E-state index is -0.643. The van der Waals surface area contributed by atoms with Crippen LogP contribution in [-0.2, 0) is 9.53 Å². The lowest BCUT2D eigenvalue weighted by molar-refractivity contribution is -0.149. The van der Waals surface area contributed by atoms with Gasteiger partial charge >= 0.3 is 0 Å². The molecule has 2 aliphatic carbocycles. The van der Waals surface area contributed by atoms with Gasteiger partial charge in [-0.15, -0.1) is 0 Å². The quantitative estimate of drug-likeness (QED) is 0.892. The standard InChI is InChI=1S/C21H23NO2/c1-19-13-24-21(12-16(19)9-10-20(19,21)2)18(23)22-17-8-7-14-5-3-4-6-15(14)11-17/h3-8,11,16H,9-10,12-13H2,1-2H3,(H,22,23)/t16-,19-,20+,21-/m1/s1. The number of anilines is 1. The molecule has 1 amide bonds. The summed E-state index contributed by atoms with van der Waals surface area (Å²) >= 11 is 0. The summed E-state index contributed by atoms with van der Waals surface area (Å²) in [6, 6.07) is 14.3. The number of hydrogen-bond acceptors (Lipinski definition) is 2. The maximum absolute atomic E-state index is 13.2. The molecule has 4 bridgehead atoms.